The standard InChI is InChI=1S/C8H5Br4O2Se2/c9-4-1-7(12)16(14,3-4)8-5(10)2-6(11)15(8)13/h1-3,13-14H. The summed E-state index contributed by atoms with van der Waals surface area (Å²) in [5.41, 5.74) is 0. The third kappa shape index (κ3) is 2.31. The molecule has 0 saturated carbocycles. The van der Waals surface area contributed by atoms with Gasteiger partial charge in [-0.05, 0) is 0 Å². The second-order valence-electron chi connectivity index (χ2n) is 2.95. The topological polar surface area (TPSA) is 40.5 Å². The van der Waals surface area contributed by atoms with E-state index >= 15 is 0 Å². The Hall–Kier alpha value is 1.84. The SMILES string of the molecule is O[Se]1C(Br)=CC(Br)=C1[Se]1(O)C=C(Br)C=C1Br. The molecule has 0 aromatic carbocycles. The molecule has 2 aliphatic rings. The van der Waals surface area contributed by atoms with Gasteiger partial charge in [-0.25, -0.2) is 0 Å². The summed E-state index contributed by atoms with van der Waals surface area (Å²) in [6, 6.07) is 0. The Kier molecular flexibility index (Phi) is 4.52. The minimum absolute atomic E-state index is 0.778. The molecule has 0 amide bonds. The van der Waals surface area contributed by atoms with Gasteiger partial charge in [0.25, 0.3) is 0 Å². The molecule has 8 heteroatoms. The third-order valence-corrected chi connectivity index (χ3v) is 20.6. The summed E-state index contributed by atoms with van der Waals surface area (Å²) < 4.78 is 24.9. The van der Waals surface area contributed by atoms with Gasteiger partial charge in [-0.15, -0.1) is 0 Å². The van der Waals surface area contributed by atoms with Gasteiger partial charge in [-0.3, -0.25) is 0 Å². The Labute approximate surface area is 134 Å². The first-order valence-electron chi connectivity index (χ1n) is 3.87. The summed E-state index contributed by atoms with van der Waals surface area (Å²) >= 11 is 8.37. The summed E-state index contributed by atoms with van der Waals surface area (Å²) in [7, 11) is 0. The summed E-state index contributed by atoms with van der Waals surface area (Å²) in [5, 5.41) is 0. The average molecular weight is 611 g/mol. The molecule has 2 N–H and O–H groups in total. The van der Waals surface area contributed by atoms with Crippen LogP contribution in [0.2, 0.25) is 0 Å². The van der Waals surface area contributed by atoms with Crippen molar-refractivity contribution < 1.29 is 8.38 Å². The second-order valence-corrected chi connectivity index (χ2v) is 18.0. The van der Waals surface area contributed by atoms with Crippen LogP contribution in [0.4, 0.5) is 0 Å². The zero-order chi connectivity index (χ0) is 12.1. The predicted molar refractivity (Wildman–Crippen MR) is 82.9 cm³/mol. The molecule has 2 heterocycles. The van der Waals surface area contributed by atoms with Gasteiger partial charge in [0.2, 0.25) is 0 Å². The fraction of sp³-hybridized carbons (Fsp3) is 0. The Morgan fingerprint density at radius 2 is 1.75 bits per heavy atom. The molecule has 1 atom stereocenters. The van der Waals surface area contributed by atoms with Crippen molar-refractivity contribution in [1.82, 2.24) is 0 Å². The zero-order valence-electron chi connectivity index (χ0n) is 7.45. The van der Waals surface area contributed by atoms with Gasteiger partial charge in [-0.2, -0.15) is 0 Å². The first kappa shape index (κ1) is 14.3. The Morgan fingerprint density at radius 3 is 2.12 bits per heavy atom. The van der Waals surface area contributed by atoms with Crippen LogP contribution in [-0.2, 0) is 0 Å². The molecule has 0 saturated heterocycles. The van der Waals surface area contributed by atoms with Gasteiger partial charge in [0.15, 0.2) is 0 Å². The van der Waals surface area contributed by atoms with Crippen LogP contribution in [0.5, 0.6) is 0 Å². The minimum atomic E-state index is -3.06. The first-order valence-corrected chi connectivity index (χ1v) is 13.0. The van der Waals surface area contributed by atoms with Gasteiger partial charge in [-0.1, -0.05) is 0 Å². The zero-order valence-corrected chi connectivity index (χ0v) is 17.2. The molecule has 16 heavy (non-hydrogen) atoms. The maximum atomic E-state index is 10.8. The van der Waals surface area contributed by atoms with Crippen molar-refractivity contribution in [1.29, 1.82) is 0 Å². The van der Waals surface area contributed by atoms with Crippen LogP contribution in [0.25, 0.3) is 0 Å². The Morgan fingerprint density at radius 1 is 1.12 bits per heavy atom. The Balaban J connectivity index is 2.50. The normalized spacial score (nSPS) is 34.8. The molecule has 2 nitrogen and oxygen atoms in total. The molecule has 2 rings (SSSR count). The van der Waals surface area contributed by atoms with E-state index in [1.54, 1.807) is 0 Å². The van der Waals surface area contributed by atoms with E-state index in [1.165, 1.54) is 0 Å². The molecule has 0 aliphatic carbocycles. The molecular weight excluding hydrogens is 606 g/mol. The second kappa shape index (κ2) is 5.08. The Bertz CT molecular complexity index is 482. The molecule has 1 unspecified atom stereocenters. The van der Waals surface area contributed by atoms with Crippen molar-refractivity contribution in [2.24, 2.45) is 0 Å². The molecule has 2 aliphatic heterocycles. The molecule has 0 aromatic rings. The summed E-state index contributed by atoms with van der Waals surface area (Å²) in [6.07, 6.45) is 3.67. The number of allylic oxidation sites excluding steroid dienone is 4. The first-order chi connectivity index (χ1) is 7.36. The van der Waals surface area contributed by atoms with Crippen LogP contribution in [0, 0.1) is 0 Å². The van der Waals surface area contributed by atoms with E-state index in [-0.39, 0.29) is 0 Å². The van der Waals surface area contributed by atoms with Crippen molar-refractivity contribution in [3.05, 3.63) is 36.2 Å². The van der Waals surface area contributed by atoms with Gasteiger partial charge in [0, 0.05) is 0 Å². The quantitative estimate of drug-likeness (QED) is 0.449. The molecule has 89 valence electrons. The van der Waals surface area contributed by atoms with E-state index < -0.39 is 27.4 Å². The predicted octanol–water partition coefficient (Wildman–Crippen LogP) is 3.12. The molecule has 0 aromatic heterocycles. The van der Waals surface area contributed by atoms with E-state index in [9.17, 15) is 8.38 Å². The summed E-state index contributed by atoms with van der Waals surface area (Å²) in [6.45, 7) is 0. The average Bonchev–Trinajstić information content (AvgIpc) is 2.53. The van der Waals surface area contributed by atoms with Gasteiger partial charge in [0.05, 0.1) is 0 Å². The fourth-order valence-electron chi connectivity index (χ4n) is 1.26. The van der Waals surface area contributed by atoms with E-state index in [0.29, 0.717) is 0 Å². The van der Waals surface area contributed by atoms with Crippen LogP contribution >= 0.6 is 63.7 Å². The maximum absolute atomic E-state index is 10.8. The van der Waals surface area contributed by atoms with Gasteiger partial charge < -0.3 is 0 Å². The van der Waals surface area contributed by atoms with Crippen LogP contribution < -0.4 is 0 Å². The number of hydrogen-bond acceptors (Lipinski definition) is 2. The van der Waals surface area contributed by atoms with Crippen LogP contribution in [0.1, 0.15) is 0 Å². The monoisotopic (exact) mass is 609 g/mol. The van der Waals surface area contributed by atoms with Crippen LogP contribution in [-0.4, -0.2) is 35.8 Å². The molecule has 0 bridgehead atoms. The molecule has 0 fully saturated rings. The molecular formula is C8H5Br4O2Se2. The summed E-state index contributed by atoms with van der Waals surface area (Å²) in [5.74, 6) is 0. The third-order valence-electron chi connectivity index (χ3n) is 1.91. The van der Waals surface area contributed by atoms with Crippen molar-refractivity contribution in [3.63, 3.8) is 0 Å². The van der Waals surface area contributed by atoms with E-state index in [4.69, 9.17) is 0 Å². The number of rotatable bonds is 1. The number of hydrogen-bond donors (Lipinski definition) is 2. The van der Waals surface area contributed by atoms with Crippen molar-refractivity contribution >= 4 is 91.1 Å². The van der Waals surface area contributed by atoms with Crippen molar-refractivity contribution in [3.8, 4) is 0 Å². The van der Waals surface area contributed by atoms with E-state index in [1.807, 2.05) is 17.1 Å². The number of halogens is 4. The van der Waals surface area contributed by atoms with Gasteiger partial charge >= 0.3 is 136 Å². The van der Waals surface area contributed by atoms with Crippen LogP contribution in [0.15, 0.2) is 36.2 Å². The fourth-order valence-corrected chi connectivity index (χ4v) is 21.7. The van der Waals surface area contributed by atoms with Crippen molar-refractivity contribution in [2.75, 3.05) is 0 Å². The van der Waals surface area contributed by atoms with E-state index in [0.717, 1.165) is 19.1 Å². The van der Waals surface area contributed by atoms with Crippen molar-refractivity contribution in [2.45, 2.75) is 0 Å². The molecule has 0 spiro atoms. The summed E-state index contributed by atoms with van der Waals surface area (Å²) in [4.78, 5) is 1.82. The van der Waals surface area contributed by atoms with Crippen LogP contribution in [0.3, 0.4) is 0 Å². The van der Waals surface area contributed by atoms with E-state index in [2.05, 4.69) is 63.7 Å². The van der Waals surface area contributed by atoms with Gasteiger partial charge in [0.1, 0.15) is 0 Å². The molecule has 1 radical (unpaired) electrons.